The van der Waals surface area contributed by atoms with Crippen molar-refractivity contribution in [1.82, 2.24) is 4.98 Å². The van der Waals surface area contributed by atoms with E-state index in [-0.39, 0.29) is 17.0 Å². The SMILES string of the molecule is Br.Cc1sc(C(=O)O)cc1-c1csc(Nc2ccccc2)n1. The van der Waals surface area contributed by atoms with Crippen molar-refractivity contribution in [1.29, 1.82) is 0 Å². The first kappa shape index (κ1) is 16.7. The van der Waals surface area contributed by atoms with Crippen LogP contribution < -0.4 is 5.32 Å². The van der Waals surface area contributed by atoms with Crippen LogP contribution in [-0.4, -0.2) is 16.1 Å². The van der Waals surface area contributed by atoms with Crippen LogP contribution in [0.15, 0.2) is 41.8 Å². The number of hydrogen-bond donors (Lipinski definition) is 2. The summed E-state index contributed by atoms with van der Waals surface area (Å²) >= 11 is 2.78. The molecule has 0 amide bonds. The topological polar surface area (TPSA) is 62.2 Å². The maximum atomic E-state index is 11.0. The van der Waals surface area contributed by atoms with Crippen molar-refractivity contribution in [2.24, 2.45) is 0 Å². The zero-order chi connectivity index (χ0) is 14.8. The molecule has 0 aliphatic heterocycles. The average Bonchev–Trinajstić information content (AvgIpc) is 3.06. The second-order valence-corrected chi connectivity index (χ2v) is 6.53. The number of nitrogens with one attached hydrogen (secondary N) is 1. The Morgan fingerprint density at radius 1 is 1.27 bits per heavy atom. The fraction of sp³-hybridized carbons (Fsp3) is 0.0667. The molecule has 0 aliphatic carbocycles. The van der Waals surface area contributed by atoms with Crippen molar-refractivity contribution in [2.45, 2.75) is 6.92 Å². The van der Waals surface area contributed by atoms with E-state index in [0.29, 0.717) is 4.88 Å². The van der Waals surface area contributed by atoms with Crippen LogP contribution in [0.4, 0.5) is 10.8 Å². The number of thiazole rings is 1. The number of aromatic nitrogens is 1. The maximum Gasteiger partial charge on any atom is 0.345 e. The lowest BCUT2D eigenvalue weighted by atomic mass is 10.2. The third kappa shape index (κ3) is 3.55. The van der Waals surface area contributed by atoms with Crippen LogP contribution >= 0.6 is 39.7 Å². The number of para-hydroxylation sites is 1. The average molecular weight is 397 g/mol. The zero-order valence-electron chi connectivity index (χ0n) is 11.6. The van der Waals surface area contributed by atoms with Crippen molar-refractivity contribution in [3.8, 4) is 11.3 Å². The van der Waals surface area contributed by atoms with Gasteiger partial charge in [0.25, 0.3) is 0 Å². The number of carboxylic acids is 1. The minimum Gasteiger partial charge on any atom is -0.477 e. The minimum absolute atomic E-state index is 0. The summed E-state index contributed by atoms with van der Waals surface area (Å²) in [6.45, 7) is 1.91. The molecule has 0 fully saturated rings. The number of aryl methyl sites for hydroxylation is 1. The molecule has 114 valence electrons. The summed E-state index contributed by atoms with van der Waals surface area (Å²) in [6.07, 6.45) is 0. The molecule has 3 aromatic rings. The predicted molar refractivity (Wildman–Crippen MR) is 97.2 cm³/mol. The standard InChI is InChI=1S/C15H12N2O2S2.BrH/c1-9-11(7-13(21-9)14(18)19)12-8-20-15(17-12)16-10-5-3-2-4-6-10;/h2-8H,1H3,(H,16,17)(H,18,19);1H. The van der Waals surface area contributed by atoms with E-state index in [1.165, 1.54) is 22.7 Å². The van der Waals surface area contributed by atoms with Gasteiger partial charge in [0, 0.05) is 21.5 Å². The van der Waals surface area contributed by atoms with Gasteiger partial charge < -0.3 is 10.4 Å². The number of anilines is 2. The number of nitrogens with zero attached hydrogens (tertiary/aromatic N) is 1. The lowest BCUT2D eigenvalue weighted by Crippen LogP contribution is -1.90. The predicted octanol–water partition coefficient (Wildman–Crippen LogP) is 5.20. The fourth-order valence-corrected chi connectivity index (χ4v) is 3.54. The molecule has 0 bridgehead atoms. The van der Waals surface area contributed by atoms with Crippen LogP contribution in [0, 0.1) is 6.92 Å². The van der Waals surface area contributed by atoms with Crippen LogP contribution in [0.2, 0.25) is 0 Å². The first-order chi connectivity index (χ1) is 10.1. The molecule has 1 aromatic carbocycles. The number of carboxylic acid groups (broad SMARTS) is 1. The third-order valence-electron chi connectivity index (χ3n) is 2.93. The molecule has 0 spiro atoms. The molecule has 3 rings (SSSR count). The molecular formula is C15H13BrN2O2S2. The van der Waals surface area contributed by atoms with Gasteiger partial charge >= 0.3 is 5.97 Å². The van der Waals surface area contributed by atoms with Gasteiger partial charge in [-0.1, -0.05) is 18.2 Å². The van der Waals surface area contributed by atoms with Gasteiger partial charge in [0.1, 0.15) is 4.88 Å². The van der Waals surface area contributed by atoms with Crippen molar-refractivity contribution >= 4 is 56.4 Å². The normalized spacial score (nSPS) is 10.0. The molecule has 0 atom stereocenters. The summed E-state index contributed by atoms with van der Waals surface area (Å²) in [5.41, 5.74) is 2.67. The van der Waals surface area contributed by atoms with Gasteiger partial charge in [-0.25, -0.2) is 9.78 Å². The van der Waals surface area contributed by atoms with E-state index in [2.05, 4.69) is 10.3 Å². The van der Waals surface area contributed by atoms with Gasteiger partial charge in [0.2, 0.25) is 0 Å². The number of halogens is 1. The Morgan fingerprint density at radius 3 is 2.64 bits per heavy atom. The van der Waals surface area contributed by atoms with Crippen molar-refractivity contribution in [3.05, 3.63) is 51.5 Å². The van der Waals surface area contributed by atoms with Gasteiger partial charge in [0.15, 0.2) is 5.13 Å². The second kappa shape index (κ2) is 7.04. The summed E-state index contributed by atoms with van der Waals surface area (Å²) in [6, 6.07) is 11.5. The van der Waals surface area contributed by atoms with E-state index in [4.69, 9.17) is 5.11 Å². The molecule has 0 saturated heterocycles. The van der Waals surface area contributed by atoms with E-state index in [0.717, 1.165) is 27.0 Å². The molecule has 2 N–H and O–H groups in total. The monoisotopic (exact) mass is 396 g/mol. The molecule has 2 heterocycles. The van der Waals surface area contributed by atoms with Gasteiger partial charge in [-0.15, -0.1) is 39.7 Å². The van der Waals surface area contributed by atoms with E-state index in [9.17, 15) is 4.79 Å². The van der Waals surface area contributed by atoms with E-state index in [1.54, 1.807) is 6.07 Å². The number of benzene rings is 1. The lowest BCUT2D eigenvalue weighted by Gasteiger charge is -2.00. The third-order valence-corrected chi connectivity index (χ3v) is 4.73. The Balaban J connectivity index is 0.00000176. The van der Waals surface area contributed by atoms with Crippen LogP contribution in [0.25, 0.3) is 11.3 Å². The van der Waals surface area contributed by atoms with Crippen molar-refractivity contribution in [2.75, 3.05) is 5.32 Å². The Hall–Kier alpha value is -1.70. The zero-order valence-corrected chi connectivity index (χ0v) is 14.9. The first-order valence-corrected chi connectivity index (χ1v) is 7.95. The quantitative estimate of drug-likeness (QED) is 0.635. The summed E-state index contributed by atoms with van der Waals surface area (Å²) < 4.78 is 0. The van der Waals surface area contributed by atoms with E-state index < -0.39 is 5.97 Å². The number of rotatable bonds is 4. The summed E-state index contributed by atoms with van der Waals surface area (Å²) in [5.74, 6) is -0.896. The molecule has 0 aliphatic rings. The largest absolute Gasteiger partial charge is 0.477 e. The lowest BCUT2D eigenvalue weighted by molar-refractivity contribution is 0.0702. The van der Waals surface area contributed by atoms with Crippen molar-refractivity contribution in [3.63, 3.8) is 0 Å². The van der Waals surface area contributed by atoms with Crippen LogP contribution in [0.1, 0.15) is 14.5 Å². The maximum absolute atomic E-state index is 11.0. The van der Waals surface area contributed by atoms with Gasteiger partial charge in [-0.2, -0.15) is 0 Å². The van der Waals surface area contributed by atoms with Crippen LogP contribution in [-0.2, 0) is 0 Å². The Labute approximate surface area is 146 Å². The molecule has 0 unspecified atom stereocenters. The highest BCUT2D eigenvalue weighted by atomic mass is 79.9. The first-order valence-electron chi connectivity index (χ1n) is 6.25. The van der Waals surface area contributed by atoms with E-state index in [1.807, 2.05) is 42.6 Å². The molecular weight excluding hydrogens is 384 g/mol. The van der Waals surface area contributed by atoms with Gasteiger partial charge in [-0.3, -0.25) is 0 Å². The smallest absolute Gasteiger partial charge is 0.345 e. The molecule has 0 saturated carbocycles. The molecule has 2 aromatic heterocycles. The molecule has 4 nitrogen and oxygen atoms in total. The summed E-state index contributed by atoms with van der Waals surface area (Å²) in [4.78, 5) is 16.9. The summed E-state index contributed by atoms with van der Waals surface area (Å²) in [7, 11) is 0. The Morgan fingerprint density at radius 2 is 2.00 bits per heavy atom. The van der Waals surface area contributed by atoms with Gasteiger partial charge in [-0.05, 0) is 25.1 Å². The summed E-state index contributed by atoms with van der Waals surface area (Å²) in [5, 5.41) is 15.0. The number of aromatic carboxylic acids is 1. The van der Waals surface area contributed by atoms with Gasteiger partial charge in [0.05, 0.1) is 5.69 Å². The Kier molecular flexibility index (Phi) is 5.33. The molecule has 0 radical (unpaired) electrons. The highest BCUT2D eigenvalue weighted by Gasteiger charge is 2.14. The minimum atomic E-state index is -0.896. The van der Waals surface area contributed by atoms with E-state index >= 15 is 0 Å². The van der Waals surface area contributed by atoms with Crippen LogP contribution in [0.5, 0.6) is 0 Å². The van der Waals surface area contributed by atoms with Crippen LogP contribution in [0.3, 0.4) is 0 Å². The second-order valence-electron chi connectivity index (χ2n) is 4.41. The number of hydrogen-bond acceptors (Lipinski definition) is 5. The number of carbonyl (C=O) groups is 1. The fourth-order valence-electron chi connectivity index (χ4n) is 1.94. The van der Waals surface area contributed by atoms with Crippen molar-refractivity contribution < 1.29 is 9.90 Å². The highest BCUT2D eigenvalue weighted by Crippen LogP contribution is 2.33. The highest BCUT2D eigenvalue weighted by molar-refractivity contribution is 8.93. The number of thiophene rings is 1. The molecule has 7 heteroatoms. The molecule has 22 heavy (non-hydrogen) atoms. The Bertz CT molecular complexity index is 784.